The molecule has 3 unspecified atom stereocenters. The quantitative estimate of drug-likeness (QED) is 0.920. The predicted octanol–water partition coefficient (Wildman–Crippen LogP) is 1.83. The van der Waals surface area contributed by atoms with Gasteiger partial charge in [-0.25, -0.2) is 0 Å². The van der Waals surface area contributed by atoms with Crippen molar-refractivity contribution >= 4 is 0 Å². The van der Waals surface area contributed by atoms with Crippen molar-refractivity contribution < 1.29 is 9.47 Å². The summed E-state index contributed by atoms with van der Waals surface area (Å²) in [6.45, 7) is 4.61. The monoisotopic (exact) mass is 293 g/mol. The van der Waals surface area contributed by atoms with Gasteiger partial charge in [0, 0.05) is 44.5 Å². The zero-order valence-electron chi connectivity index (χ0n) is 13.4. The summed E-state index contributed by atoms with van der Waals surface area (Å²) >= 11 is 0. The van der Waals surface area contributed by atoms with Crippen molar-refractivity contribution in [1.29, 1.82) is 0 Å². The van der Waals surface area contributed by atoms with Crippen LogP contribution in [0.3, 0.4) is 0 Å². The van der Waals surface area contributed by atoms with Gasteiger partial charge in [0.2, 0.25) is 0 Å². The van der Waals surface area contributed by atoms with E-state index in [0.29, 0.717) is 12.0 Å². The molecule has 1 aromatic rings. The lowest BCUT2D eigenvalue weighted by atomic mass is 9.79. The Balaban J connectivity index is 1.82. The summed E-state index contributed by atoms with van der Waals surface area (Å²) in [5.74, 6) is 0.583. The summed E-state index contributed by atoms with van der Waals surface area (Å²) in [6.07, 6.45) is 6.37. The van der Waals surface area contributed by atoms with Crippen LogP contribution in [0.25, 0.3) is 0 Å². The third kappa shape index (κ3) is 2.87. The van der Waals surface area contributed by atoms with Crippen molar-refractivity contribution in [2.75, 3.05) is 26.9 Å². The number of nitrogens with one attached hydrogen (secondary N) is 1. The third-order valence-corrected chi connectivity index (χ3v) is 4.99. The first kappa shape index (κ1) is 15.0. The highest BCUT2D eigenvalue weighted by molar-refractivity contribution is 5.23. The Morgan fingerprint density at radius 2 is 2.38 bits per heavy atom. The van der Waals surface area contributed by atoms with Gasteiger partial charge >= 0.3 is 0 Å². The molecule has 5 nitrogen and oxygen atoms in total. The molecule has 118 valence electrons. The second kappa shape index (κ2) is 6.07. The fraction of sp³-hybridized carbons (Fsp3) is 0.812. The third-order valence-electron chi connectivity index (χ3n) is 4.99. The Labute approximate surface area is 127 Å². The molecule has 0 saturated carbocycles. The van der Waals surface area contributed by atoms with E-state index in [2.05, 4.69) is 30.6 Å². The van der Waals surface area contributed by atoms with Crippen molar-refractivity contribution in [2.24, 2.45) is 13.0 Å². The molecule has 0 radical (unpaired) electrons. The summed E-state index contributed by atoms with van der Waals surface area (Å²) in [5, 5.41) is 8.14. The van der Waals surface area contributed by atoms with E-state index < -0.39 is 0 Å². The molecule has 2 aliphatic heterocycles. The first-order valence-corrected chi connectivity index (χ1v) is 8.09. The standard InChI is InChI=1S/C16H27N3O2/c1-4-14-13(10-19(3)18-14)15(17-2)12-5-7-21-16(9-12)6-8-20-11-16/h10,12,15,17H,4-9,11H2,1-3H3. The number of aryl methyl sites for hydroxylation is 2. The van der Waals surface area contributed by atoms with Gasteiger partial charge in [0.15, 0.2) is 0 Å². The smallest absolute Gasteiger partial charge is 0.0940 e. The Morgan fingerprint density at radius 3 is 3.05 bits per heavy atom. The highest BCUT2D eigenvalue weighted by atomic mass is 16.6. The van der Waals surface area contributed by atoms with Crippen LogP contribution in [0.15, 0.2) is 6.20 Å². The normalized spacial score (nSPS) is 30.9. The van der Waals surface area contributed by atoms with Crippen LogP contribution in [0.5, 0.6) is 0 Å². The fourth-order valence-corrected chi connectivity index (χ4v) is 3.95. The zero-order chi connectivity index (χ0) is 14.9. The van der Waals surface area contributed by atoms with E-state index in [1.165, 1.54) is 11.3 Å². The van der Waals surface area contributed by atoms with Gasteiger partial charge in [0.25, 0.3) is 0 Å². The molecule has 3 heterocycles. The minimum Gasteiger partial charge on any atom is -0.378 e. The van der Waals surface area contributed by atoms with E-state index in [0.717, 1.165) is 45.5 Å². The van der Waals surface area contributed by atoms with E-state index >= 15 is 0 Å². The Hall–Kier alpha value is -0.910. The molecule has 0 amide bonds. The van der Waals surface area contributed by atoms with E-state index in [-0.39, 0.29) is 5.60 Å². The molecule has 0 aliphatic carbocycles. The summed E-state index contributed by atoms with van der Waals surface area (Å²) in [7, 11) is 4.07. The average Bonchev–Trinajstić information content (AvgIpc) is 3.07. The summed E-state index contributed by atoms with van der Waals surface area (Å²) < 4.78 is 13.6. The number of rotatable bonds is 4. The van der Waals surface area contributed by atoms with Crippen molar-refractivity contribution in [2.45, 2.75) is 44.2 Å². The van der Waals surface area contributed by atoms with Crippen LogP contribution in [0.2, 0.25) is 0 Å². The molecule has 1 spiro atoms. The first-order valence-electron chi connectivity index (χ1n) is 8.09. The van der Waals surface area contributed by atoms with E-state index in [4.69, 9.17) is 9.47 Å². The van der Waals surface area contributed by atoms with Gasteiger partial charge in [-0.1, -0.05) is 6.92 Å². The number of nitrogens with zero attached hydrogens (tertiary/aromatic N) is 2. The van der Waals surface area contributed by atoms with Crippen molar-refractivity contribution in [3.63, 3.8) is 0 Å². The summed E-state index contributed by atoms with van der Waals surface area (Å²) in [6, 6.07) is 0.357. The molecular weight excluding hydrogens is 266 g/mol. The van der Waals surface area contributed by atoms with Crippen LogP contribution < -0.4 is 5.32 Å². The van der Waals surface area contributed by atoms with Crippen LogP contribution in [0.1, 0.15) is 43.5 Å². The molecule has 3 atom stereocenters. The maximum absolute atomic E-state index is 6.08. The molecule has 2 aliphatic rings. The largest absolute Gasteiger partial charge is 0.378 e. The summed E-state index contributed by atoms with van der Waals surface area (Å²) in [5.41, 5.74) is 2.52. The van der Waals surface area contributed by atoms with Gasteiger partial charge < -0.3 is 14.8 Å². The molecule has 0 bridgehead atoms. The number of hydrogen-bond acceptors (Lipinski definition) is 4. The average molecular weight is 293 g/mol. The molecule has 21 heavy (non-hydrogen) atoms. The number of hydrogen-bond donors (Lipinski definition) is 1. The van der Waals surface area contributed by atoms with Gasteiger partial charge in [-0.05, 0) is 32.2 Å². The molecule has 3 rings (SSSR count). The maximum Gasteiger partial charge on any atom is 0.0940 e. The second-order valence-corrected chi connectivity index (χ2v) is 6.41. The molecular formula is C16H27N3O2. The van der Waals surface area contributed by atoms with Gasteiger partial charge in [0.1, 0.15) is 0 Å². The van der Waals surface area contributed by atoms with Crippen molar-refractivity contribution in [3.8, 4) is 0 Å². The molecule has 2 saturated heterocycles. The lowest BCUT2D eigenvalue weighted by molar-refractivity contribution is -0.103. The van der Waals surface area contributed by atoms with E-state index in [9.17, 15) is 0 Å². The van der Waals surface area contributed by atoms with Crippen molar-refractivity contribution in [3.05, 3.63) is 17.5 Å². The van der Waals surface area contributed by atoms with Crippen LogP contribution in [0, 0.1) is 5.92 Å². The minimum atomic E-state index is -0.0351. The highest BCUT2D eigenvalue weighted by Crippen LogP contribution is 2.41. The summed E-state index contributed by atoms with van der Waals surface area (Å²) in [4.78, 5) is 0. The lowest BCUT2D eigenvalue weighted by Gasteiger charge is -2.40. The van der Waals surface area contributed by atoms with E-state index in [1.807, 2.05) is 11.7 Å². The topological polar surface area (TPSA) is 48.3 Å². The SMILES string of the molecule is CCc1nn(C)cc1C(NC)C1CCOC2(CCOC2)C1. The number of ether oxygens (including phenoxy) is 2. The minimum absolute atomic E-state index is 0.0351. The first-order chi connectivity index (χ1) is 10.2. The fourth-order valence-electron chi connectivity index (χ4n) is 3.95. The van der Waals surface area contributed by atoms with Crippen LogP contribution in [-0.4, -0.2) is 42.2 Å². The Morgan fingerprint density at radius 1 is 1.52 bits per heavy atom. The Kier molecular flexibility index (Phi) is 4.33. The maximum atomic E-state index is 6.08. The molecule has 0 aromatic carbocycles. The van der Waals surface area contributed by atoms with Crippen molar-refractivity contribution in [1.82, 2.24) is 15.1 Å². The van der Waals surface area contributed by atoms with E-state index in [1.54, 1.807) is 0 Å². The molecule has 1 N–H and O–H groups in total. The number of aromatic nitrogens is 2. The van der Waals surface area contributed by atoms with Crippen LogP contribution >= 0.6 is 0 Å². The zero-order valence-corrected chi connectivity index (χ0v) is 13.4. The van der Waals surface area contributed by atoms with Gasteiger partial charge in [-0.3, -0.25) is 4.68 Å². The molecule has 1 aromatic heterocycles. The Bertz CT molecular complexity index is 480. The molecule has 5 heteroatoms. The molecule has 2 fully saturated rings. The van der Waals surface area contributed by atoms with Gasteiger partial charge in [-0.2, -0.15) is 5.10 Å². The highest BCUT2D eigenvalue weighted by Gasteiger charge is 2.43. The van der Waals surface area contributed by atoms with Gasteiger partial charge in [0.05, 0.1) is 17.9 Å². The lowest BCUT2D eigenvalue weighted by Crippen LogP contribution is -2.43. The van der Waals surface area contributed by atoms with Gasteiger partial charge in [-0.15, -0.1) is 0 Å². The predicted molar refractivity (Wildman–Crippen MR) is 81.2 cm³/mol. The van der Waals surface area contributed by atoms with Crippen LogP contribution in [0.4, 0.5) is 0 Å². The van der Waals surface area contributed by atoms with Crippen LogP contribution in [-0.2, 0) is 22.9 Å². The second-order valence-electron chi connectivity index (χ2n) is 6.41.